The van der Waals surface area contributed by atoms with Gasteiger partial charge in [-0.25, -0.2) is 0 Å². The molecule has 380 valence electrons. The molecule has 0 atom stereocenters. The Morgan fingerprint density at radius 2 is 0.716 bits per heavy atom. The van der Waals surface area contributed by atoms with Crippen molar-refractivity contribution in [2.45, 2.75) is 0 Å². The molecule has 0 aliphatic heterocycles. The molecule has 7 heteroatoms. The zero-order valence-corrected chi connectivity index (χ0v) is 46.0. The average Bonchev–Trinajstić information content (AvgIpc) is 3.69. The number of fused-ring (bicyclic) bond motifs is 14. The van der Waals surface area contributed by atoms with Crippen molar-refractivity contribution in [1.29, 1.82) is 0 Å². The lowest BCUT2D eigenvalue weighted by atomic mass is 10.0. The van der Waals surface area contributed by atoms with Gasteiger partial charge in [-0.05, 0) is 139 Å². The molecule has 5 aromatic heterocycles. The Balaban J connectivity index is 0.936. The number of hydrogen-bond acceptors (Lipinski definition) is 5. The Hall–Kier alpha value is -9.76. The highest BCUT2D eigenvalue weighted by Gasteiger charge is 2.27. The molecule has 17 rings (SSSR count). The van der Waals surface area contributed by atoms with E-state index in [1.54, 1.807) is 0 Å². The molecule has 0 aliphatic carbocycles. The smallest absolute Gasteiger partial charge is 0.131 e. The molecule has 0 bridgehead atoms. The zero-order chi connectivity index (χ0) is 53.1. The van der Waals surface area contributed by atoms with Gasteiger partial charge in [0.1, 0.15) is 5.65 Å². The third-order valence-corrected chi connectivity index (χ3v) is 19.7. The fourth-order valence-electron chi connectivity index (χ4n) is 12.7. The van der Waals surface area contributed by atoms with Gasteiger partial charge in [0.25, 0.3) is 0 Å². The second-order valence-corrected chi connectivity index (χ2v) is 24.1. The molecule has 17 aromatic rings. The van der Waals surface area contributed by atoms with Gasteiger partial charge in [0.2, 0.25) is 0 Å². The highest BCUT2D eigenvalue weighted by atomic mass is 32.1. The minimum Gasteiger partial charge on any atom is -0.310 e. The lowest BCUT2D eigenvalue weighted by Gasteiger charge is -2.27. The van der Waals surface area contributed by atoms with Crippen LogP contribution in [0.1, 0.15) is 0 Å². The van der Waals surface area contributed by atoms with Crippen LogP contribution < -0.4 is 9.80 Å². The maximum Gasteiger partial charge on any atom is 0.131 e. The zero-order valence-electron chi connectivity index (χ0n) is 43.6. The normalized spacial score (nSPS) is 12.0. The van der Waals surface area contributed by atoms with Gasteiger partial charge >= 0.3 is 0 Å². The number of benzene rings is 12. The number of thiophene rings is 3. The highest BCUT2D eigenvalue weighted by molar-refractivity contribution is 7.26. The first-order chi connectivity index (χ1) is 40.2. The van der Waals surface area contributed by atoms with Gasteiger partial charge in [-0.3, -0.25) is 9.13 Å². The van der Waals surface area contributed by atoms with Gasteiger partial charge in [-0.1, -0.05) is 152 Å². The van der Waals surface area contributed by atoms with Gasteiger partial charge in [0, 0.05) is 116 Å². The molecule has 0 spiro atoms. The van der Waals surface area contributed by atoms with E-state index >= 15 is 0 Å². The van der Waals surface area contributed by atoms with Crippen LogP contribution in [0.3, 0.4) is 0 Å². The topological polar surface area (TPSA) is 16.3 Å². The first kappa shape index (κ1) is 46.2. The summed E-state index contributed by atoms with van der Waals surface area (Å²) in [7, 11) is 0. The molecule has 0 aliphatic rings. The van der Waals surface area contributed by atoms with Crippen molar-refractivity contribution >= 4 is 161 Å². The summed E-state index contributed by atoms with van der Waals surface area (Å²) in [5, 5.41) is 11.2. The van der Waals surface area contributed by atoms with Gasteiger partial charge in [-0.2, -0.15) is 0 Å². The summed E-state index contributed by atoms with van der Waals surface area (Å²) in [5.41, 5.74) is 14.6. The van der Waals surface area contributed by atoms with Crippen LogP contribution in [0, 0.1) is 0 Å². The average molecular weight is 1090 g/mol. The minimum absolute atomic E-state index is 1.08. The Labute approximate surface area is 478 Å². The molecule has 0 fully saturated rings. The van der Waals surface area contributed by atoms with E-state index in [9.17, 15) is 0 Å². The number of anilines is 6. The Bertz CT molecular complexity index is 5300. The summed E-state index contributed by atoms with van der Waals surface area (Å²) in [6.07, 6.45) is 0. The predicted molar refractivity (Wildman–Crippen MR) is 351 cm³/mol. The molecule has 81 heavy (non-hydrogen) atoms. The van der Waals surface area contributed by atoms with Crippen molar-refractivity contribution in [2.75, 3.05) is 9.80 Å². The monoisotopic (exact) mass is 1090 g/mol. The molecule has 0 radical (unpaired) electrons. The molecule has 12 aromatic carbocycles. The van der Waals surface area contributed by atoms with E-state index in [4.69, 9.17) is 0 Å². The van der Waals surface area contributed by atoms with Crippen LogP contribution in [0.5, 0.6) is 0 Å². The van der Waals surface area contributed by atoms with Gasteiger partial charge < -0.3 is 9.80 Å². The van der Waals surface area contributed by atoms with Crippen molar-refractivity contribution in [3.05, 3.63) is 279 Å². The van der Waals surface area contributed by atoms with Crippen molar-refractivity contribution in [1.82, 2.24) is 9.13 Å². The van der Waals surface area contributed by atoms with Crippen molar-refractivity contribution in [3.63, 3.8) is 0 Å². The summed E-state index contributed by atoms with van der Waals surface area (Å²) in [5.74, 6) is 0. The Morgan fingerprint density at radius 1 is 0.247 bits per heavy atom. The standard InChI is InChI=1S/C74H46N4S3/c1-4-17-47(18-5-1)48-31-33-51(34-32-48)76(64-26-16-30-70-73(64)60-25-12-15-29-68(60)80-70)53-37-41-63-62(44-53)72-59-40-36-54(45-65(59)78(50-21-8-3-9-22-50)74(72)77(63)49-19-6-2-7-20-49)75(52-38-42-69-61(43-52)57-24-11-14-28-67(57)79-69)55-35-39-58-56-23-10-13-27-66(56)81-71(58)46-55/h1-46H. The van der Waals surface area contributed by atoms with E-state index in [2.05, 4.69) is 298 Å². The van der Waals surface area contributed by atoms with Gasteiger partial charge in [0.15, 0.2) is 0 Å². The van der Waals surface area contributed by atoms with Crippen LogP contribution in [0.2, 0.25) is 0 Å². The number of aromatic nitrogens is 2. The third-order valence-electron chi connectivity index (χ3n) is 16.3. The van der Waals surface area contributed by atoms with E-state index in [0.717, 1.165) is 62.2 Å². The van der Waals surface area contributed by atoms with E-state index in [0.29, 0.717) is 0 Å². The number of nitrogens with zero attached hydrogens (tertiary/aromatic N) is 4. The van der Waals surface area contributed by atoms with Crippen molar-refractivity contribution in [2.24, 2.45) is 0 Å². The molecule has 0 amide bonds. The molecule has 0 saturated heterocycles. The molecular weight excluding hydrogens is 1040 g/mol. The number of rotatable bonds is 9. The van der Waals surface area contributed by atoms with Crippen LogP contribution in [-0.2, 0) is 0 Å². The lowest BCUT2D eigenvalue weighted by Crippen LogP contribution is -2.10. The van der Waals surface area contributed by atoms with Crippen LogP contribution in [0.4, 0.5) is 34.1 Å². The molecular formula is C74H46N4S3. The van der Waals surface area contributed by atoms with E-state index < -0.39 is 0 Å². The van der Waals surface area contributed by atoms with Crippen LogP contribution in [0.15, 0.2) is 279 Å². The highest BCUT2D eigenvalue weighted by Crippen LogP contribution is 2.50. The lowest BCUT2D eigenvalue weighted by molar-refractivity contribution is 1.07. The summed E-state index contributed by atoms with van der Waals surface area (Å²) in [6.45, 7) is 0. The number of para-hydroxylation sites is 2. The number of hydrogen-bond donors (Lipinski definition) is 0. The Morgan fingerprint density at radius 3 is 1.44 bits per heavy atom. The second kappa shape index (κ2) is 18.4. The quantitative estimate of drug-likeness (QED) is 0.143. The SMILES string of the molecule is c1ccc(-c2ccc(N(c3ccc4c(c3)c3c5ccc(N(c6ccc7c(c6)sc6ccccc67)c6ccc7sc8ccccc8c7c6)cc5n(-c5ccccc5)c3n4-c3ccccc3)c3cccc4sc5ccccc5c34)cc2)cc1. The first-order valence-electron chi connectivity index (χ1n) is 27.4. The van der Waals surface area contributed by atoms with Crippen LogP contribution >= 0.6 is 34.0 Å². The third kappa shape index (κ3) is 7.33. The predicted octanol–water partition coefficient (Wildman–Crippen LogP) is 22.4. The largest absolute Gasteiger partial charge is 0.310 e. The molecule has 5 heterocycles. The minimum atomic E-state index is 1.08. The summed E-state index contributed by atoms with van der Waals surface area (Å²) < 4.78 is 12.7. The fourth-order valence-corrected chi connectivity index (χ4v) is 16.0. The summed E-state index contributed by atoms with van der Waals surface area (Å²) in [4.78, 5) is 4.95. The molecule has 0 saturated carbocycles. The molecule has 0 unspecified atom stereocenters. The van der Waals surface area contributed by atoms with Crippen LogP contribution in [-0.4, -0.2) is 9.13 Å². The Kier molecular flexibility index (Phi) is 10.5. The summed E-state index contributed by atoms with van der Waals surface area (Å²) in [6, 6.07) is 103. The summed E-state index contributed by atoms with van der Waals surface area (Å²) >= 11 is 5.58. The maximum atomic E-state index is 2.50. The van der Waals surface area contributed by atoms with Crippen molar-refractivity contribution < 1.29 is 0 Å². The van der Waals surface area contributed by atoms with Gasteiger partial charge in [-0.15, -0.1) is 34.0 Å². The van der Waals surface area contributed by atoms with E-state index in [-0.39, 0.29) is 0 Å². The van der Waals surface area contributed by atoms with E-state index in [1.165, 1.54) is 87.8 Å². The second-order valence-electron chi connectivity index (χ2n) is 20.8. The first-order valence-corrected chi connectivity index (χ1v) is 29.8. The maximum absolute atomic E-state index is 2.50. The molecule has 0 N–H and O–H groups in total. The van der Waals surface area contributed by atoms with E-state index in [1.807, 2.05) is 34.0 Å². The molecule has 4 nitrogen and oxygen atoms in total. The van der Waals surface area contributed by atoms with Crippen molar-refractivity contribution in [3.8, 4) is 22.5 Å². The fraction of sp³-hybridized carbons (Fsp3) is 0. The van der Waals surface area contributed by atoms with Crippen LogP contribution in [0.25, 0.3) is 116 Å². The van der Waals surface area contributed by atoms with Gasteiger partial charge in [0.05, 0.1) is 16.7 Å².